The zero-order valence-corrected chi connectivity index (χ0v) is 22.2. The molecule has 3 N–H and O–H groups in total. The van der Waals surface area contributed by atoms with Crippen LogP contribution in [-0.2, 0) is 0 Å². The standard InChI is InChI=1S/C30H50O3/c1-19(2)15-21(32)16-20(17-31)22-9-11-28(6)24-8-7-23-26(3,4)25(33)10-12-29(23)18-30(24,29)14-13-27(22,28)5/h15,20-25,31-33H,7-14,16-18H2,1-6H3/t20-,21-,22+,23-,24-,25-,27+,28-,29+,30-/m0/s1. The fourth-order valence-corrected chi connectivity index (χ4v) is 11.3. The number of fused-ring (bicyclic) bond motifs is 2. The predicted octanol–water partition coefficient (Wildman–Crippen LogP) is 6.11. The van der Waals surface area contributed by atoms with Crippen molar-refractivity contribution in [1.82, 2.24) is 0 Å². The van der Waals surface area contributed by atoms with E-state index in [0.29, 0.717) is 34.5 Å². The molecule has 0 aliphatic heterocycles. The third kappa shape index (κ3) is 3.03. The normalized spacial score (nSPS) is 51.4. The van der Waals surface area contributed by atoms with Gasteiger partial charge >= 0.3 is 0 Å². The maximum Gasteiger partial charge on any atom is 0.0726 e. The van der Waals surface area contributed by atoms with Crippen LogP contribution in [0.5, 0.6) is 0 Å². The number of allylic oxidation sites excluding steroid dienone is 1. The Hall–Kier alpha value is -0.380. The summed E-state index contributed by atoms with van der Waals surface area (Å²) in [5.74, 6) is 2.16. The Kier molecular flexibility index (Phi) is 5.57. The van der Waals surface area contributed by atoms with Gasteiger partial charge in [-0.1, -0.05) is 39.3 Å². The molecule has 0 aromatic heterocycles. The van der Waals surface area contributed by atoms with Gasteiger partial charge in [-0.2, -0.15) is 0 Å². The highest BCUT2D eigenvalue weighted by atomic mass is 16.3. The van der Waals surface area contributed by atoms with E-state index >= 15 is 0 Å². The Balaban J connectivity index is 1.42. The molecule has 5 saturated carbocycles. The molecule has 0 aromatic rings. The monoisotopic (exact) mass is 458 g/mol. The van der Waals surface area contributed by atoms with Crippen LogP contribution in [0.4, 0.5) is 0 Å². The summed E-state index contributed by atoms with van der Waals surface area (Å²) >= 11 is 0. The van der Waals surface area contributed by atoms with Gasteiger partial charge in [0.15, 0.2) is 0 Å². The molecule has 3 heteroatoms. The minimum Gasteiger partial charge on any atom is -0.396 e. The summed E-state index contributed by atoms with van der Waals surface area (Å²) in [5, 5.41) is 31.9. The van der Waals surface area contributed by atoms with Crippen molar-refractivity contribution in [2.24, 2.45) is 50.7 Å². The molecular weight excluding hydrogens is 408 g/mol. The molecule has 0 bridgehead atoms. The second-order valence-electron chi connectivity index (χ2n) is 14.5. The molecule has 0 unspecified atom stereocenters. The Morgan fingerprint density at radius 2 is 1.55 bits per heavy atom. The molecule has 10 atom stereocenters. The van der Waals surface area contributed by atoms with Crippen molar-refractivity contribution < 1.29 is 15.3 Å². The highest BCUT2D eigenvalue weighted by Crippen LogP contribution is 2.89. The maximum atomic E-state index is 10.8. The third-order valence-corrected chi connectivity index (χ3v) is 13.0. The summed E-state index contributed by atoms with van der Waals surface area (Å²) in [5.41, 5.74) is 2.78. The zero-order chi connectivity index (χ0) is 24.0. The van der Waals surface area contributed by atoms with Crippen LogP contribution >= 0.6 is 0 Å². The molecule has 5 aliphatic rings. The van der Waals surface area contributed by atoms with Gasteiger partial charge in [-0.25, -0.2) is 0 Å². The Bertz CT molecular complexity index is 813. The van der Waals surface area contributed by atoms with Gasteiger partial charge in [0, 0.05) is 6.61 Å². The fourth-order valence-electron chi connectivity index (χ4n) is 11.3. The third-order valence-electron chi connectivity index (χ3n) is 13.0. The highest BCUT2D eigenvalue weighted by Gasteiger charge is 2.82. The minimum atomic E-state index is -0.449. The molecule has 5 rings (SSSR count). The van der Waals surface area contributed by atoms with Crippen LogP contribution < -0.4 is 0 Å². The van der Waals surface area contributed by atoms with E-state index in [4.69, 9.17) is 0 Å². The first-order chi connectivity index (χ1) is 15.4. The van der Waals surface area contributed by atoms with Crippen LogP contribution in [0.1, 0.15) is 106 Å². The van der Waals surface area contributed by atoms with E-state index in [1.54, 1.807) is 0 Å². The lowest BCUT2D eigenvalue weighted by Crippen LogP contribution is -2.57. The van der Waals surface area contributed by atoms with Gasteiger partial charge in [0.2, 0.25) is 0 Å². The Labute approximate surface area is 202 Å². The minimum absolute atomic E-state index is 0.0512. The fraction of sp³-hybridized carbons (Fsp3) is 0.933. The lowest BCUT2D eigenvalue weighted by Gasteiger charge is -2.63. The van der Waals surface area contributed by atoms with E-state index in [1.165, 1.54) is 51.4 Å². The van der Waals surface area contributed by atoms with Crippen LogP contribution in [0.15, 0.2) is 11.6 Å². The smallest absolute Gasteiger partial charge is 0.0726 e. The average Bonchev–Trinajstić information content (AvgIpc) is 3.32. The largest absolute Gasteiger partial charge is 0.396 e. The molecule has 0 heterocycles. The second kappa shape index (κ2) is 7.56. The van der Waals surface area contributed by atoms with Gasteiger partial charge in [-0.15, -0.1) is 0 Å². The van der Waals surface area contributed by atoms with Gasteiger partial charge in [0.25, 0.3) is 0 Å². The van der Waals surface area contributed by atoms with Crippen molar-refractivity contribution in [1.29, 1.82) is 0 Å². The van der Waals surface area contributed by atoms with Crippen molar-refractivity contribution in [3.8, 4) is 0 Å². The topological polar surface area (TPSA) is 60.7 Å². The van der Waals surface area contributed by atoms with Crippen LogP contribution in [0.25, 0.3) is 0 Å². The molecule has 188 valence electrons. The van der Waals surface area contributed by atoms with E-state index in [1.807, 2.05) is 19.9 Å². The van der Waals surface area contributed by atoms with Crippen molar-refractivity contribution in [3.05, 3.63) is 11.6 Å². The SMILES string of the molecule is CC(C)=C[C@H](O)C[C@@H](CO)[C@H]1CC[C@@]2(C)[C@@H]3CC[C@H]4C(C)(C)[C@@H](O)CC[C@@]45C[C@@]35CC[C@]12C. The molecular formula is C30H50O3. The van der Waals surface area contributed by atoms with Crippen LogP contribution in [0, 0.1) is 50.7 Å². The molecule has 2 spiro atoms. The van der Waals surface area contributed by atoms with E-state index in [9.17, 15) is 15.3 Å². The maximum absolute atomic E-state index is 10.8. The molecule has 33 heavy (non-hydrogen) atoms. The molecule has 0 radical (unpaired) electrons. The molecule has 3 nitrogen and oxygen atoms in total. The molecule has 0 saturated heterocycles. The van der Waals surface area contributed by atoms with Gasteiger partial charge in [0.05, 0.1) is 12.2 Å². The van der Waals surface area contributed by atoms with Crippen molar-refractivity contribution in [2.45, 2.75) is 118 Å². The van der Waals surface area contributed by atoms with Crippen molar-refractivity contribution in [2.75, 3.05) is 6.61 Å². The lowest BCUT2D eigenvalue weighted by molar-refractivity contribution is -0.163. The molecule has 0 aromatic carbocycles. The first kappa shape index (κ1) is 24.3. The number of hydrogen-bond donors (Lipinski definition) is 3. The quantitative estimate of drug-likeness (QED) is 0.435. The van der Waals surface area contributed by atoms with E-state index in [2.05, 4.69) is 27.7 Å². The second-order valence-corrected chi connectivity index (χ2v) is 14.5. The summed E-state index contributed by atoms with van der Waals surface area (Å²) in [7, 11) is 0. The summed E-state index contributed by atoms with van der Waals surface area (Å²) in [4.78, 5) is 0. The highest BCUT2D eigenvalue weighted by molar-refractivity contribution is 5.30. The summed E-state index contributed by atoms with van der Waals surface area (Å²) < 4.78 is 0. The number of aliphatic hydroxyl groups is 3. The van der Waals surface area contributed by atoms with Gasteiger partial charge in [0.1, 0.15) is 0 Å². The summed E-state index contributed by atoms with van der Waals surface area (Å²) in [6.45, 7) is 14.1. The molecule has 5 fully saturated rings. The van der Waals surface area contributed by atoms with Gasteiger partial charge in [-0.3, -0.25) is 0 Å². The van der Waals surface area contributed by atoms with Crippen molar-refractivity contribution >= 4 is 0 Å². The number of aliphatic hydroxyl groups excluding tert-OH is 3. The van der Waals surface area contributed by atoms with Crippen LogP contribution in [0.3, 0.4) is 0 Å². The number of rotatable bonds is 5. The van der Waals surface area contributed by atoms with E-state index in [0.717, 1.165) is 17.9 Å². The van der Waals surface area contributed by atoms with Gasteiger partial charge < -0.3 is 15.3 Å². The van der Waals surface area contributed by atoms with Gasteiger partial charge in [-0.05, 0) is 129 Å². The Morgan fingerprint density at radius 3 is 2.21 bits per heavy atom. The first-order valence-corrected chi connectivity index (χ1v) is 14.0. The first-order valence-electron chi connectivity index (χ1n) is 14.0. The van der Waals surface area contributed by atoms with E-state index < -0.39 is 6.10 Å². The average molecular weight is 459 g/mol. The molecule has 0 amide bonds. The van der Waals surface area contributed by atoms with Crippen molar-refractivity contribution in [3.63, 3.8) is 0 Å². The van der Waals surface area contributed by atoms with E-state index in [-0.39, 0.29) is 29.5 Å². The lowest BCUT2D eigenvalue weighted by atomic mass is 9.41. The summed E-state index contributed by atoms with van der Waals surface area (Å²) in [6.07, 6.45) is 13.4. The summed E-state index contributed by atoms with van der Waals surface area (Å²) in [6, 6.07) is 0. The van der Waals surface area contributed by atoms with Crippen LogP contribution in [0.2, 0.25) is 0 Å². The number of hydrogen-bond acceptors (Lipinski definition) is 3. The van der Waals surface area contributed by atoms with Crippen LogP contribution in [-0.4, -0.2) is 34.1 Å². The predicted molar refractivity (Wildman–Crippen MR) is 134 cm³/mol. The zero-order valence-electron chi connectivity index (χ0n) is 22.2. The Morgan fingerprint density at radius 1 is 0.879 bits per heavy atom. The molecule has 5 aliphatic carbocycles.